The van der Waals surface area contributed by atoms with Crippen LogP contribution in [0.2, 0.25) is 0 Å². The van der Waals surface area contributed by atoms with Crippen LogP contribution in [-0.4, -0.2) is 21.2 Å². The van der Waals surface area contributed by atoms with Gasteiger partial charge in [0.15, 0.2) is 10.9 Å². The van der Waals surface area contributed by atoms with Crippen LogP contribution in [0.5, 0.6) is 11.5 Å². The van der Waals surface area contributed by atoms with Gasteiger partial charge < -0.3 is 10.1 Å². The number of benzene rings is 2. The van der Waals surface area contributed by atoms with E-state index in [1.807, 2.05) is 63.2 Å². The number of fused-ring (bicyclic) bond motifs is 1. The maximum atomic E-state index is 13.0. The summed E-state index contributed by atoms with van der Waals surface area (Å²) in [6.07, 6.45) is 0. The summed E-state index contributed by atoms with van der Waals surface area (Å²) in [4.78, 5) is 32.2. The van der Waals surface area contributed by atoms with Gasteiger partial charge in [0.05, 0.1) is 16.8 Å². The third-order valence-corrected chi connectivity index (χ3v) is 7.11. The monoisotopic (exact) mass is 465 g/mol. The molecule has 0 radical (unpaired) electrons. The molecular formula is C24H23N3O3S2. The molecule has 8 heteroatoms. The Bertz CT molecular complexity index is 1330. The number of aromatic nitrogens is 2. The lowest BCUT2D eigenvalue weighted by molar-refractivity contribution is -0.113. The fourth-order valence-electron chi connectivity index (χ4n) is 3.29. The van der Waals surface area contributed by atoms with E-state index in [4.69, 9.17) is 4.74 Å². The number of para-hydroxylation sites is 3. The predicted octanol–water partition coefficient (Wildman–Crippen LogP) is 5.62. The Labute approximate surface area is 194 Å². The zero-order chi connectivity index (χ0) is 22.7. The minimum absolute atomic E-state index is 0.0520. The Morgan fingerprint density at radius 3 is 2.59 bits per heavy atom. The largest absolute Gasteiger partial charge is 0.455 e. The van der Waals surface area contributed by atoms with E-state index in [1.165, 1.54) is 23.1 Å². The summed E-state index contributed by atoms with van der Waals surface area (Å²) in [5, 5.41) is 4.13. The van der Waals surface area contributed by atoms with Crippen molar-refractivity contribution in [2.24, 2.45) is 0 Å². The van der Waals surface area contributed by atoms with E-state index in [2.05, 4.69) is 10.3 Å². The van der Waals surface area contributed by atoms with Gasteiger partial charge in [-0.25, -0.2) is 4.98 Å². The second-order valence-electron chi connectivity index (χ2n) is 7.16. The zero-order valence-electron chi connectivity index (χ0n) is 18.0. The molecule has 0 atom stereocenters. The first-order valence-corrected chi connectivity index (χ1v) is 12.0. The molecule has 0 saturated heterocycles. The highest BCUT2D eigenvalue weighted by Crippen LogP contribution is 2.30. The van der Waals surface area contributed by atoms with Gasteiger partial charge in [0.1, 0.15) is 10.6 Å². The van der Waals surface area contributed by atoms with Gasteiger partial charge in [0, 0.05) is 11.4 Å². The molecule has 0 bridgehead atoms. The highest BCUT2D eigenvalue weighted by Gasteiger charge is 2.17. The van der Waals surface area contributed by atoms with Crippen molar-refractivity contribution in [1.82, 2.24) is 9.55 Å². The summed E-state index contributed by atoms with van der Waals surface area (Å²) in [6, 6.07) is 16.7. The number of amides is 1. The van der Waals surface area contributed by atoms with Crippen molar-refractivity contribution in [3.63, 3.8) is 0 Å². The van der Waals surface area contributed by atoms with Crippen LogP contribution in [0.25, 0.3) is 10.2 Å². The topological polar surface area (TPSA) is 73.2 Å². The molecule has 1 N–H and O–H groups in total. The van der Waals surface area contributed by atoms with Gasteiger partial charge in [-0.2, -0.15) is 0 Å². The Morgan fingerprint density at radius 1 is 1.12 bits per heavy atom. The number of nitrogens with one attached hydrogen (secondary N) is 1. The minimum Gasteiger partial charge on any atom is -0.455 e. The number of carbonyl (C=O) groups excluding carboxylic acids is 1. The second kappa shape index (κ2) is 9.58. The predicted molar refractivity (Wildman–Crippen MR) is 131 cm³/mol. The number of aryl methyl sites for hydroxylation is 2. The zero-order valence-corrected chi connectivity index (χ0v) is 19.7. The van der Waals surface area contributed by atoms with Gasteiger partial charge in [-0.3, -0.25) is 14.2 Å². The van der Waals surface area contributed by atoms with Gasteiger partial charge in [0.25, 0.3) is 5.56 Å². The molecule has 0 spiro atoms. The summed E-state index contributed by atoms with van der Waals surface area (Å²) in [5.41, 5.74) is 1.51. The molecule has 32 heavy (non-hydrogen) atoms. The van der Waals surface area contributed by atoms with E-state index in [0.29, 0.717) is 34.3 Å². The van der Waals surface area contributed by atoms with Gasteiger partial charge in [-0.1, -0.05) is 42.1 Å². The number of anilines is 1. The first-order chi connectivity index (χ1) is 15.5. The lowest BCUT2D eigenvalue weighted by Crippen LogP contribution is -2.23. The van der Waals surface area contributed by atoms with E-state index in [-0.39, 0.29) is 17.2 Å². The molecule has 6 nitrogen and oxygen atoms in total. The maximum absolute atomic E-state index is 13.0. The molecule has 1 amide bonds. The van der Waals surface area contributed by atoms with Crippen molar-refractivity contribution < 1.29 is 9.53 Å². The Morgan fingerprint density at radius 2 is 1.84 bits per heavy atom. The van der Waals surface area contributed by atoms with Gasteiger partial charge in [0.2, 0.25) is 5.91 Å². The van der Waals surface area contributed by atoms with Crippen LogP contribution in [-0.2, 0) is 11.3 Å². The van der Waals surface area contributed by atoms with Crippen LogP contribution in [0.15, 0.2) is 64.5 Å². The molecular weight excluding hydrogens is 442 g/mol. The standard InChI is InChI=1S/C24H23N3O3S2/c1-4-27-23(29)21-15(2)16(3)32-22(21)26-24(27)31-14-20(28)25-18-12-8-9-13-19(18)30-17-10-6-5-7-11-17/h5-13H,4,14H2,1-3H3,(H,25,28). The number of rotatable bonds is 7. The van der Waals surface area contributed by atoms with Crippen LogP contribution < -0.4 is 15.6 Å². The van der Waals surface area contributed by atoms with Crippen LogP contribution in [0, 0.1) is 13.8 Å². The van der Waals surface area contributed by atoms with Gasteiger partial charge >= 0.3 is 0 Å². The van der Waals surface area contributed by atoms with Crippen molar-refractivity contribution in [1.29, 1.82) is 0 Å². The summed E-state index contributed by atoms with van der Waals surface area (Å²) in [5.74, 6) is 1.18. The Kier molecular flexibility index (Phi) is 6.62. The van der Waals surface area contributed by atoms with Crippen molar-refractivity contribution in [2.45, 2.75) is 32.5 Å². The van der Waals surface area contributed by atoms with E-state index in [9.17, 15) is 9.59 Å². The third kappa shape index (κ3) is 4.56. The van der Waals surface area contributed by atoms with Gasteiger partial charge in [-0.05, 0) is 50.6 Å². The maximum Gasteiger partial charge on any atom is 0.263 e. The number of ether oxygens (including phenoxy) is 1. The number of thioether (sulfide) groups is 1. The molecule has 164 valence electrons. The van der Waals surface area contributed by atoms with Crippen LogP contribution in [0.3, 0.4) is 0 Å². The van der Waals surface area contributed by atoms with E-state index >= 15 is 0 Å². The molecule has 0 fully saturated rings. The summed E-state index contributed by atoms with van der Waals surface area (Å²) >= 11 is 2.77. The molecule has 0 saturated carbocycles. The number of thiophene rings is 1. The van der Waals surface area contributed by atoms with Crippen molar-refractivity contribution in [3.05, 3.63) is 75.4 Å². The van der Waals surface area contributed by atoms with Crippen molar-refractivity contribution in [2.75, 3.05) is 11.1 Å². The van der Waals surface area contributed by atoms with E-state index in [0.717, 1.165) is 15.3 Å². The van der Waals surface area contributed by atoms with E-state index < -0.39 is 0 Å². The molecule has 4 aromatic rings. The van der Waals surface area contributed by atoms with Crippen LogP contribution >= 0.6 is 23.1 Å². The molecule has 0 aliphatic carbocycles. The van der Waals surface area contributed by atoms with Crippen molar-refractivity contribution >= 4 is 44.9 Å². The third-order valence-electron chi connectivity index (χ3n) is 5.03. The fraction of sp³-hybridized carbons (Fsp3) is 0.208. The normalized spacial score (nSPS) is 11.0. The minimum atomic E-state index is -0.199. The molecule has 2 heterocycles. The number of hydrogen-bond acceptors (Lipinski definition) is 6. The van der Waals surface area contributed by atoms with E-state index in [1.54, 1.807) is 16.7 Å². The summed E-state index contributed by atoms with van der Waals surface area (Å²) < 4.78 is 7.54. The smallest absolute Gasteiger partial charge is 0.263 e. The molecule has 0 unspecified atom stereocenters. The highest BCUT2D eigenvalue weighted by molar-refractivity contribution is 7.99. The summed E-state index contributed by atoms with van der Waals surface area (Å²) in [6.45, 7) is 6.34. The summed E-state index contributed by atoms with van der Waals surface area (Å²) in [7, 11) is 0. The first-order valence-electron chi connectivity index (χ1n) is 10.2. The molecule has 4 rings (SSSR count). The number of carbonyl (C=O) groups is 1. The lowest BCUT2D eigenvalue weighted by Gasteiger charge is -2.13. The fourth-order valence-corrected chi connectivity index (χ4v) is 5.22. The lowest BCUT2D eigenvalue weighted by atomic mass is 10.2. The second-order valence-corrected chi connectivity index (χ2v) is 9.30. The highest BCUT2D eigenvalue weighted by atomic mass is 32.2. The average Bonchev–Trinajstić information content (AvgIpc) is 3.08. The Hall–Kier alpha value is -3.10. The van der Waals surface area contributed by atoms with Crippen LogP contribution in [0.1, 0.15) is 17.4 Å². The number of hydrogen-bond donors (Lipinski definition) is 1. The molecule has 0 aliphatic rings. The molecule has 2 aromatic heterocycles. The Balaban J connectivity index is 1.51. The average molecular weight is 466 g/mol. The molecule has 0 aliphatic heterocycles. The quantitative estimate of drug-likeness (QED) is 0.283. The van der Waals surface area contributed by atoms with Gasteiger partial charge in [-0.15, -0.1) is 11.3 Å². The first kappa shape index (κ1) is 22.1. The SMILES string of the molecule is CCn1c(SCC(=O)Nc2ccccc2Oc2ccccc2)nc2sc(C)c(C)c2c1=O. The number of nitrogens with zero attached hydrogens (tertiary/aromatic N) is 2. The van der Waals surface area contributed by atoms with Crippen LogP contribution in [0.4, 0.5) is 5.69 Å². The van der Waals surface area contributed by atoms with Crippen molar-refractivity contribution in [3.8, 4) is 11.5 Å². The molecule has 2 aromatic carbocycles.